The van der Waals surface area contributed by atoms with Crippen molar-refractivity contribution in [3.63, 3.8) is 0 Å². The van der Waals surface area contributed by atoms with E-state index in [1.807, 2.05) is 32.0 Å². The molecular weight excluding hydrogens is 428 g/mol. The van der Waals surface area contributed by atoms with Crippen molar-refractivity contribution in [2.45, 2.75) is 90.9 Å². The largest absolute Gasteiger partial charge is 0.481 e. The van der Waals surface area contributed by atoms with Crippen LogP contribution in [-0.2, 0) is 9.59 Å². The molecule has 2 aliphatic rings. The molecule has 1 aromatic heterocycles. The molecule has 0 aliphatic heterocycles. The third-order valence-electron chi connectivity index (χ3n) is 7.58. The fourth-order valence-corrected chi connectivity index (χ4v) is 5.56. The number of carbonyl (C=O) groups excluding carboxylic acids is 1. The zero-order chi connectivity index (χ0) is 24.6. The summed E-state index contributed by atoms with van der Waals surface area (Å²) in [7, 11) is 0. The molecule has 2 N–H and O–H groups in total. The van der Waals surface area contributed by atoms with Gasteiger partial charge >= 0.3 is 5.97 Å². The topological polar surface area (TPSA) is 92.4 Å². The quantitative estimate of drug-likeness (QED) is 0.415. The van der Waals surface area contributed by atoms with E-state index in [0.29, 0.717) is 23.4 Å². The van der Waals surface area contributed by atoms with E-state index < -0.39 is 17.8 Å². The third-order valence-corrected chi connectivity index (χ3v) is 7.58. The van der Waals surface area contributed by atoms with E-state index in [1.54, 1.807) is 6.92 Å². The molecular formula is C28H38N2O4. The minimum absolute atomic E-state index is 0.145. The molecule has 0 spiro atoms. The maximum Gasteiger partial charge on any atom is 0.304 e. The molecule has 6 nitrogen and oxygen atoms in total. The maximum atomic E-state index is 13.2. The Morgan fingerprint density at radius 1 is 1.15 bits per heavy atom. The van der Waals surface area contributed by atoms with E-state index in [9.17, 15) is 14.7 Å². The van der Waals surface area contributed by atoms with Gasteiger partial charge in [-0.25, -0.2) is 0 Å². The number of carboxylic acids is 1. The van der Waals surface area contributed by atoms with Crippen LogP contribution in [0, 0.1) is 31.6 Å². The van der Waals surface area contributed by atoms with Gasteiger partial charge in [-0.3, -0.25) is 9.59 Å². The molecule has 1 amide bonds. The summed E-state index contributed by atoms with van der Waals surface area (Å²) >= 11 is 0. The molecule has 4 rings (SSSR count). The van der Waals surface area contributed by atoms with Crippen molar-refractivity contribution in [2.75, 3.05) is 5.32 Å². The van der Waals surface area contributed by atoms with Crippen molar-refractivity contribution in [3.8, 4) is 0 Å². The molecule has 1 heterocycles. The first kappa shape index (κ1) is 24.5. The first-order valence-corrected chi connectivity index (χ1v) is 12.7. The van der Waals surface area contributed by atoms with Gasteiger partial charge in [0.1, 0.15) is 5.76 Å². The van der Waals surface area contributed by atoms with Crippen LogP contribution in [0.2, 0.25) is 0 Å². The summed E-state index contributed by atoms with van der Waals surface area (Å²) in [6, 6.07) is 5.88. The smallest absolute Gasteiger partial charge is 0.304 e. The highest BCUT2D eigenvalue weighted by Gasteiger charge is 2.43. The predicted molar refractivity (Wildman–Crippen MR) is 132 cm³/mol. The van der Waals surface area contributed by atoms with E-state index in [2.05, 4.69) is 24.3 Å². The van der Waals surface area contributed by atoms with Gasteiger partial charge < -0.3 is 14.9 Å². The Morgan fingerprint density at radius 3 is 2.44 bits per heavy atom. The Bertz CT molecular complexity index is 1050. The fourth-order valence-electron chi connectivity index (χ4n) is 5.56. The van der Waals surface area contributed by atoms with Crippen molar-refractivity contribution in [1.29, 1.82) is 0 Å². The van der Waals surface area contributed by atoms with E-state index in [0.717, 1.165) is 59.7 Å². The number of hydrogen-bond acceptors (Lipinski definition) is 4. The molecule has 2 fully saturated rings. The van der Waals surface area contributed by atoms with Crippen molar-refractivity contribution in [1.82, 2.24) is 5.16 Å². The summed E-state index contributed by atoms with van der Waals surface area (Å²) in [5.74, 6) is 0.920. The number of carboxylic acid groups (broad SMARTS) is 1. The second-order valence-electron chi connectivity index (χ2n) is 11.1. The zero-order valence-corrected chi connectivity index (χ0v) is 21.1. The van der Waals surface area contributed by atoms with Crippen LogP contribution in [0.25, 0.3) is 0 Å². The molecule has 1 aromatic carbocycles. The van der Waals surface area contributed by atoms with Crippen molar-refractivity contribution in [3.05, 3.63) is 46.3 Å². The third kappa shape index (κ3) is 5.37. The van der Waals surface area contributed by atoms with E-state index in [-0.39, 0.29) is 12.3 Å². The number of hydrogen-bond donors (Lipinski definition) is 2. The van der Waals surface area contributed by atoms with Gasteiger partial charge in [0, 0.05) is 29.0 Å². The number of aromatic nitrogens is 1. The van der Waals surface area contributed by atoms with Gasteiger partial charge in [0.15, 0.2) is 0 Å². The molecule has 2 aromatic rings. The van der Waals surface area contributed by atoms with Gasteiger partial charge in [-0.15, -0.1) is 0 Å². The molecule has 2 saturated carbocycles. The monoisotopic (exact) mass is 466 g/mol. The Kier molecular flexibility index (Phi) is 7.15. The summed E-state index contributed by atoms with van der Waals surface area (Å²) in [6.45, 7) is 10.3. The lowest BCUT2D eigenvalue weighted by atomic mass is 9.69. The molecule has 0 bridgehead atoms. The van der Waals surface area contributed by atoms with E-state index in [4.69, 9.17) is 4.52 Å². The summed E-state index contributed by atoms with van der Waals surface area (Å²) in [5.41, 5.74) is 4.66. The Balaban J connectivity index is 1.57. The minimum atomic E-state index is -0.928. The number of rotatable bonds is 10. The number of amides is 1. The number of nitrogens with one attached hydrogen (secondary N) is 1. The standard InChI is InChI=1S/C28H38N2O4/c1-15(2)10-19-12-21(13-19)27-25(20-7-8-20)26(30-34-27)22(14-24(31)32)18(5)28(33)29-23-9-6-16(3)11-17(23)4/h6,9,11,15,18-22H,7-8,10,12-14H2,1-5H3,(H,29,33)(H,31,32). The first-order chi connectivity index (χ1) is 16.1. The normalized spacial score (nSPS) is 21.7. The van der Waals surface area contributed by atoms with Gasteiger partial charge in [-0.2, -0.15) is 0 Å². The first-order valence-electron chi connectivity index (χ1n) is 12.7. The molecule has 0 saturated heterocycles. The SMILES string of the molecule is Cc1ccc(NC(=O)C(C)C(CC(=O)O)c2noc(C3CC(CC(C)C)C3)c2C2CC2)c(C)c1. The highest BCUT2D eigenvalue weighted by atomic mass is 16.5. The Morgan fingerprint density at radius 2 is 1.85 bits per heavy atom. The molecule has 184 valence electrons. The number of anilines is 1. The maximum absolute atomic E-state index is 13.2. The minimum Gasteiger partial charge on any atom is -0.481 e. The highest BCUT2D eigenvalue weighted by Crippen LogP contribution is 2.53. The van der Waals surface area contributed by atoms with Crippen LogP contribution in [0.15, 0.2) is 22.7 Å². The number of nitrogens with zero attached hydrogens (tertiary/aromatic N) is 1. The van der Waals surface area contributed by atoms with Crippen molar-refractivity contribution < 1.29 is 19.2 Å². The lowest BCUT2D eigenvalue weighted by molar-refractivity contribution is -0.138. The number of carbonyl (C=O) groups is 2. The summed E-state index contributed by atoms with van der Waals surface area (Å²) < 4.78 is 5.92. The zero-order valence-electron chi connectivity index (χ0n) is 21.1. The average Bonchev–Trinajstić information content (AvgIpc) is 3.48. The average molecular weight is 467 g/mol. The van der Waals surface area contributed by atoms with E-state index in [1.165, 1.54) is 6.42 Å². The second kappa shape index (κ2) is 9.93. The fraction of sp³-hybridized carbons (Fsp3) is 0.607. The summed E-state index contributed by atoms with van der Waals surface area (Å²) in [4.78, 5) is 25.1. The van der Waals surface area contributed by atoms with Gasteiger partial charge in [-0.1, -0.05) is 43.6 Å². The van der Waals surface area contributed by atoms with Gasteiger partial charge in [0.2, 0.25) is 5.91 Å². The van der Waals surface area contributed by atoms with Gasteiger partial charge in [-0.05, 0) is 75.3 Å². The van der Waals surface area contributed by atoms with Crippen LogP contribution >= 0.6 is 0 Å². The van der Waals surface area contributed by atoms with Crippen LogP contribution in [0.1, 0.15) is 105 Å². The van der Waals surface area contributed by atoms with Crippen LogP contribution in [0.3, 0.4) is 0 Å². The number of aryl methyl sites for hydroxylation is 2. The van der Waals surface area contributed by atoms with Crippen LogP contribution in [0.4, 0.5) is 5.69 Å². The molecule has 2 aliphatic carbocycles. The molecule has 0 radical (unpaired) electrons. The molecule has 2 unspecified atom stereocenters. The van der Waals surface area contributed by atoms with Crippen LogP contribution in [0.5, 0.6) is 0 Å². The summed E-state index contributed by atoms with van der Waals surface area (Å²) in [5, 5.41) is 17.1. The lowest BCUT2D eigenvalue weighted by Gasteiger charge is -2.35. The predicted octanol–water partition coefficient (Wildman–Crippen LogP) is 6.54. The molecule has 6 heteroatoms. The summed E-state index contributed by atoms with van der Waals surface area (Å²) in [6.07, 6.45) is 5.46. The van der Waals surface area contributed by atoms with Crippen LogP contribution < -0.4 is 5.32 Å². The van der Waals surface area contributed by atoms with Crippen LogP contribution in [-0.4, -0.2) is 22.1 Å². The van der Waals surface area contributed by atoms with Crippen molar-refractivity contribution >= 4 is 17.6 Å². The number of aliphatic carboxylic acids is 1. The van der Waals surface area contributed by atoms with Gasteiger partial charge in [0.05, 0.1) is 12.1 Å². The highest BCUT2D eigenvalue weighted by molar-refractivity contribution is 5.94. The number of benzene rings is 1. The van der Waals surface area contributed by atoms with Crippen molar-refractivity contribution in [2.24, 2.45) is 17.8 Å². The van der Waals surface area contributed by atoms with E-state index >= 15 is 0 Å². The Hall–Kier alpha value is -2.63. The Labute approximate surface area is 202 Å². The lowest BCUT2D eigenvalue weighted by Crippen LogP contribution is -2.28. The second-order valence-corrected chi connectivity index (χ2v) is 11.1. The molecule has 34 heavy (non-hydrogen) atoms. The molecule has 2 atom stereocenters. The van der Waals surface area contributed by atoms with Gasteiger partial charge in [0.25, 0.3) is 0 Å².